The molecule has 4 heteroatoms. The van der Waals surface area contributed by atoms with Gasteiger partial charge in [-0.15, -0.1) is 0 Å². The van der Waals surface area contributed by atoms with Crippen LogP contribution in [-0.2, 0) is 0 Å². The highest BCUT2D eigenvalue weighted by Crippen LogP contribution is 2.19. The molecule has 0 unspecified atom stereocenters. The van der Waals surface area contributed by atoms with Crippen LogP contribution in [0.1, 0.15) is 10.4 Å². The third kappa shape index (κ3) is 2.53. The van der Waals surface area contributed by atoms with Crippen LogP contribution in [0.25, 0.3) is 0 Å². The van der Waals surface area contributed by atoms with E-state index >= 15 is 0 Å². The largest absolute Gasteiger partial charge is 0.293 e. The summed E-state index contributed by atoms with van der Waals surface area (Å²) >= 11 is 8.63. The number of ketones is 1. The second-order valence-electron chi connectivity index (χ2n) is 2.18. The summed E-state index contributed by atoms with van der Waals surface area (Å²) in [6, 6.07) is 5.63. The molecule has 0 amide bonds. The third-order valence-corrected chi connectivity index (χ3v) is 3.25. The van der Waals surface area contributed by atoms with Gasteiger partial charge in [0.05, 0.1) is 5.33 Å². The molecule has 0 spiro atoms. The summed E-state index contributed by atoms with van der Waals surface area (Å²) in [5, 5.41) is 0.380. The van der Waals surface area contributed by atoms with Crippen LogP contribution in [0.2, 0.25) is 0 Å². The van der Waals surface area contributed by atoms with E-state index in [1.807, 2.05) is 18.2 Å². The fourth-order valence-corrected chi connectivity index (χ4v) is 2.69. The maximum Gasteiger partial charge on any atom is 0.174 e. The minimum atomic E-state index is 0.118. The van der Waals surface area contributed by atoms with Crippen molar-refractivity contribution in [1.29, 1.82) is 0 Å². The first-order valence-electron chi connectivity index (χ1n) is 3.19. The molecule has 12 heavy (non-hydrogen) atoms. The summed E-state index contributed by atoms with van der Waals surface area (Å²) in [5.74, 6) is 0.118. The molecule has 0 aliphatic heterocycles. The number of hydrogen-bond acceptors (Lipinski definition) is 1. The van der Waals surface area contributed by atoms with E-state index in [1.165, 1.54) is 0 Å². The van der Waals surface area contributed by atoms with Gasteiger partial charge in [0.2, 0.25) is 0 Å². The number of Topliss-reactive ketones (excluding diaryl/α,β-unsaturated/α-hetero) is 1. The van der Waals surface area contributed by atoms with Gasteiger partial charge >= 0.3 is 0 Å². The molecule has 0 atom stereocenters. The van der Waals surface area contributed by atoms with Gasteiger partial charge in [0.25, 0.3) is 0 Å². The van der Waals surface area contributed by atoms with Crippen LogP contribution < -0.4 is 0 Å². The van der Waals surface area contributed by atoms with Crippen LogP contribution >= 0.6 is 54.5 Å². The summed E-state index contributed by atoms with van der Waals surface area (Å²) in [4.78, 5) is 11.3. The van der Waals surface area contributed by atoms with Gasteiger partial charge in [-0.1, -0.05) is 31.9 Å². The van der Waals surface area contributed by atoms with Gasteiger partial charge in [0, 0.05) is 13.6 Å². The van der Waals surface area contributed by atoms with Crippen LogP contribution in [0, 0.1) is 3.57 Å². The van der Waals surface area contributed by atoms with Gasteiger partial charge in [-0.3, -0.25) is 4.79 Å². The van der Waals surface area contributed by atoms with Crippen molar-refractivity contribution in [2.24, 2.45) is 0 Å². The lowest BCUT2D eigenvalue weighted by Crippen LogP contribution is -2.02. The lowest BCUT2D eigenvalue weighted by molar-refractivity contribution is 0.102. The fourth-order valence-electron chi connectivity index (χ4n) is 0.788. The highest BCUT2D eigenvalue weighted by molar-refractivity contribution is 14.1. The predicted molar refractivity (Wildman–Crippen MR) is 65.0 cm³/mol. The monoisotopic (exact) mass is 402 g/mol. The maximum atomic E-state index is 11.3. The van der Waals surface area contributed by atoms with Gasteiger partial charge in [-0.2, -0.15) is 0 Å². The zero-order chi connectivity index (χ0) is 9.14. The maximum absolute atomic E-state index is 11.3. The molecule has 1 rings (SSSR count). The lowest BCUT2D eigenvalue weighted by Gasteiger charge is -2.00. The standard InChI is InChI=1S/C8H5Br2IO/c9-4-8(12)6-2-1-5(10)3-7(6)11/h1-3H,4H2. The Bertz CT molecular complexity index is 312. The van der Waals surface area contributed by atoms with Crippen molar-refractivity contribution < 1.29 is 4.79 Å². The number of rotatable bonds is 2. The van der Waals surface area contributed by atoms with E-state index in [1.54, 1.807) is 0 Å². The highest BCUT2D eigenvalue weighted by atomic mass is 127. The van der Waals surface area contributed by atoms with Crippen molar-refractivity contribution in [2.45, 2.75) is 0 Å². The van der Waals surface area contributed by atoms with Crippen molar-refractivity contribution in [1.82, 2.24) is 0 Å². The van der Waals surface area contributed by atoms with Crippen molar-refractivity contribution in [3.63, 3.8) is 0 Å². The van der Waals surface area contributed by atoms with Crippen LogP contribution in [-0.4, -0.2) is 11.1 Å². The van der Waals surface area contributed by atoms with E-state index in [0.29, 0.717) is 5.33 Å². The Kier molecular flexibility index (Phi) is 4.19. The summed E-state index contributed by atoms with van der Waals surface area (Å²) < 4.78 is 1.98. The van der Waals surface area contributed by atoms with E-state index in [2.05, 4.69) is 54.5 Å². The quantitative estimate of drug-likeness (QED) is 0.418. The number of benzene rings is 1. The Morgan fingerprint density at radius 3 is 2.67 bits per heavy atom. The number of carbonyl (C=O) groups is 1. The Hall–Kier alpha value is 0.580. The van der Waals surface area contributed by atoms with E-state index in [-0.39, 0.29) is 5.78 Å². The molecule has 1 nitrogen and oxygen atoms in total. The molecule has 1 aromatic rings. The Morgan fingerprint density at radius 1 is 1.50 bits per heavy atom. The first-order chi connectivity index (χ1) is 5.65. The zero-order valence-electron chi connectivity index (χ0n) is 5.98. The van der Waals surface area contributed by atoms with E-state index < -0.39 is 0 Å². The molecule has 0 N–H and O–H groups in total. The topological polar surface area (TPSA) is 17.1 Å². The number of alkyl halides is 1. The molecular weight excluding hydrogens is 399 g/mol. The minimum Gasteiger partial charge on any atom is -0.293 e. The molecular formula is C8H5Br2IO. The predicted octanol–water partition coefficient (Wildman–Crippen LogP) is 3.63. The first-order valence-corrected chi connectivity index (χ1v) is 6.18. The average Bonchev–Trinajstić information content (AvgIpc) is 2.03. The Morgan fingerprint density at radius 2 is 2.17 bits per heavy atom. The van der Waals surface area contributed by atoms with Gasteiger partial charge in [0.1, 0.15) is 0 Å². The summed E-state index contributed by atoms with van der Waals surface area (Å²) in [6.45, 7) is 0. The third-order valence-electron chi connectivity index (χ3n) is 1.35. The van der Waals surface area contributed by atoms with Crippen molar-refractivity contribution >= 4 is 60.2 Å². The zero-order valence-corrected chi connectivity index (χ0v) is 11.3. The van der Waals surface area contributed by atoms with Crippen molar-refractivity contribution in [3.8, 4) is 0 Å². The van der Waals surface area contributed by atoms with E-state index in [0.717, 1.165) is 13.6 Å². The summed E-state index contributed by atoms with van der Waals surface area (Å²) in [7, 11) is 0. The van der Waals surface area contributed by atoms with Crippen LogP contribution in [0.15, 0.2) is 22.7 Å². The number of carbonyl (C=O) groups excluding carboxylic acids is 1. The number of halogens is 3. The molecule has 64 valence electrons. The molecule has 0 aliphatic rings. The molecule has 0 aromatic heterocycles. The normalized spacial score (nSPS) is 9.92. The minimum absolute atomic E-state index is 0.118. The number of hydrogen-bond donors (Lipinski definition) is 0. The second kappa shape index (κ2) is 4.72. The molecule has 0 fully saturated rings. The van der Waals surface area contributed by atoms with Crippen molar-refractivity contribution in [2.75, 3.05) is 5.33 Å². The van der Waals surface area contributed by atoms with Crippen LogP contribution in [0.3, 0.4) is 0 Å². The van der Waals surface area contributed by atoms with E-state index in [4.69, 9.17) is 0 Å². The smallest absolute Gasteiger partial charge is 0.174 e. The van der Waals surface area contributed by atoms with Gasteiger partial charge in [0.15, 0.2) is 5.78 Å². The van der Waals surface area contributed by atoms with Crippen LogP contribution in [0.4, 0.5) is 0 Å². The molecule has 0 radical (unpaired) electrons. The molecule has 0 heterocycles. The highest BCUT2D eigenvalue weighted by Gasteiger charge is 2.07. The SMILES string of the molecule is O=C(CBr)c1ccc(Br)cc1I. The molecule has 1 aromatic carbocycles. The van der Waals surface area contributed by atoms with Crippen molar-refractivity contribution in [3.05, 3.63) is 31.8 Å². The summed E-state index contributed by atoms with van der Waals surface area (Å²) in [6.07, 6.45) is 0. The Balaban J connectivity index is 3.09. The fraction of sp³-hybridized carbons (Fsp3) is 0.125. The molecule has 0 bridgehead atoms. The van der Waals surface area contributed by atoms with Gasteiger partial charge in [-0.05, 0) is 40.8 Å². The average molecular weight is 404 g/mol. The lowest BCUT2D eigenvalue weighted by atomic mass is 10.2. The van der Waals surface area contributed by atoms with Gasteiger partial charge < -0.3 is 0 Å². The second-order valence-corrected chi connectivity index (χ2v) is 4.82. The molecule has 0 aliphatic carbocycles. The molecule has 0 saturated heterocycles. The summed E-state index contributed by atoms with van der Waals surface area (Å²) in [5.41, 5.74) is 0.774. The van der Waals surface area contributed by atoms with Crippen LogP contribution in [0.5, 0.6) is 0 Å². The Labute approximate surface area is 101 Å². The van der Waals surface area contributed by atoms with E-state index in [9.17, 15) is 4.79 Å². The van der Waals surface area contributed by atoms with Gasteiger partial charge in [-0.25, -0.2) is 0 Å². The first kappa shape index (κ1) is 10.7. The molecule has 0 saturated carbocycles.